The van der Waals surface area contributed by atoms with Gasteiger partial charge in [0.1, 0.15) is 0 Å². The number of halogens is 1. The Hall–Kier alpha value is -2.00. The molecule has 0 bridgehead atoms. The van der Waals surface area contributed by atoms with Crippen LogP contribution in [-0.2, 0) is 4.79 Å². The minimum atomic E-state index is -0.846. The van der Waals surface area contributed by atoms with Crippen LogP contribution in [0.1, 0.15) is 0 Å². The lowest BCUT2D eigenvalue weighted by molar-refractivity contribution is -0.121. The highest BCUT2D eigenvalue weighted by molar-refractivity contribution is 6.33. The highest BCUT2D eigenvalue weighted by Crippen LogP contribution is 2.39. The maximum absolute atomic E-state index is 10.6. The Morgan fingerprint density at radius 2 is 1.83 bits per heavy atom. The number of rotatable bonds is 2. The fraction of sp³-hybridized carbons (Fsp3) is 0.0714. The van der Waals surface area contributed by atoms with Gasteiger partial charge in [0.25, 0.3) is 6.29 Å². The van der Waals surface area contributed by atoms with Crippen molar-refractivity contribution in [3.8, 4) is 22.6 Å². The number of hydrogen-bond acceptors (Lipinski definition) is 3. The van der Waals surface area contributed by atoms with Crippen LogP contribution in [0.3, 0.4) is 0 Å². The quantitative estimate of drug-likeness (QED) is 0.777. The summed E-state index contributed by atoms with van der Waals surface area (Å²) in [7, 11) is 0. The molecule has 3 rings (SSSR count). The van der Waals surface area contributed by atoms with Crippen molar-refractivity contribution in [1.82, 2.24) is 0 Å². The van der Waals surface area contributed by atoms with Gasteiger partial charge in [0.15, 0.2) is 11.5 Å². The number of carbonyl (C=O) groups excluding carboxylic acids is 1. The molecule has 0 radical (unpaired) electrons. The Labute approximate surface area is 109 Å². The van der Waals surface area contributed by atoms with Gasteiger partial charge in [-0.2, -0.15) is 0 Å². The van der Waals surface area contributed by atoms with E-state index in [4.69, 9.17) is 21.1 Å². The molecule has 4 heteroatoms. The molecular formula is C14H9ClO3. The van der Waals surface area contributed by atoms with Gasteiger partial charge in [-0.1, -0.05) is 35.9 Å². The topological polar surface area (TPSA) is 35.5 Å². The molecule has 1 heterocycles. The standard InChI is InChI=1S/C14H9ClO3/c15-11-4-2-1-3-10(11)9-5-6-12-13(7-9)18-14(8-16)17-12/h1-8,14H. The van der Waals surface area contributed by atoms with Crippen molar-refractivity contribution < 1.29 is 14.3 Å². The largest absolute Gasteiger partial charge is 0.444 e. The fourth-order valence-corrected chi connectivity index (χ4v) is 2.14. The number of carbonyl (C=O) groups is 1. The van der Waals surface area contributed by atoms with Crippen molar-refractivity contribution in [3.05, 3.63) is 47.5 Å². The zero-order valence-corrected chi connectivity index (χ0v) is 10.1. The van der Waals surface area contributed by atoms with Gasteiger partial charge in [-0.05, 0) is 23.8 Å². The third kappa shape index (κ3) is 1.83. The number of hydrogen-bond donors (Lipinski definition) is 0. The van der Waals surface area contributed by atoms with Gasteiger partial charge in [0.2, 0.25) is 6.29 Å². The first kappa shape index (κ1) is 11.1. The summed E-state index contributed by atoms with van der Waals surface area (Å²) in [4.78, 5) is 10.6. The molecule has 3 nitrogen and oxygen atoms in total. The normalized spacial score (nSPS) is 16.6. The maximum Gasteiger partial charge on any atom is 0.297 e. The average molecular weight is 261 g/mol. The molecule has 0 aromatic heterocycles. The second-order valence-corrected chi connectivity index (χ2v) is 4.29. The van der Waals surface area contributed by atoms with Gasteiger partial charge in [-0.25, -0.2) is 0 Å². The summed E-state index contributed by atoms with van der Waals surface area (Å²) in [5.41, 5.74) is 1.84. The Kier molecular flexibility index (Phi) is 2.68. The van der Waals surface area contributed by atoms with E-state index in [1.807, 2.05) is 36.4 Å². The zero-order chi connectivity index (χ0) is 12.5. The fourth-order valence-electron chi connectivity index (χ4n) is 1.89. The smallest absolute Gasteiger partial charge is 0.297 e. The van der Waals surface area contributed by atoms with Crippen LogP contribution in [0.2, 0.25) is 5.02 Å². The van der Waals surface area contributed by atoms with E-state index in [2.05, 4.69) is 0 Å². The van der Waals surface area contributed by atoms with Crippen LogP contribution >= 0.6 is 11.6 Å². The van der Waals surface area contributed by atoms with E-state index in [1.165, 1.54) is 0 Å². The molecule has 1 aliphatic heterocycles. The number of fused-ring (bicyclic) bond motifs is 1. The molecule has 1 atom stereocenters. The molecular weight excluding hydrogens is 252 g/mol. The molecule has 90 valence electrons. The SMILES string of the molecule is O=CC1Oc2ccc(-c3ccccc3Cl)cc2O1. The molecule has 1 aliphatic rings. The van der Waals surface area contributed by atoms with E-state index in [0.29, 0.717) is 22.8 Å². The third-order valence-electron chi connectivity index (χ3n) is 2.73. The van der Waals surface area contributed by atoms with E-state index >= 15 is 0 Å². The second-order valence-electron chi connectivity index (χ2n) is 3.88. The van der Waals surface area contributed by atoms with E-state index in [1.54, 1.807) is 6.07 Å². The van der Waals surface area contributed by atoms with Crippen molar-refractivity contribution in [2.24, 2.45) is 0 Å². The molecule has 0 saturated carbocycles. The van der Waals surface area contributed by atoms with Crippen LogP contribution in [0.25, 0.3) is 11.1 Å². The van der Waals surface area contributed by atoms with Gasteiger partial charge in [-0.15, -0.1) is 0 Å². The van der Waals surface area contributed by atoms with Crippen molar-refractivity contribution >= 4 is 17.9 Å². The van der Waals surface area contributed by atoms with Crippen molar-refractivity contribution in [2.75, 3.05) is 0 Å². The van der Waals surface area contributed by atoms with Gasteiger partial charge < -0.3 is 9.47 Å². The molecule has 1 unspecified atom stereocenters. The summed E-state index contributed by atoms with van der Waals surface area (Å²) in [6.45, 7) is 0. The maximum atomic E-state index is 10.6. The molecule has 2 aromatic rings. The summed E-state index contributed by atoms with van der Waals surface area (Å²) in [5, 5.41) is 0.670. The predicted octanol–water partition coefficient (Wildman–Crippen LogP) is 3.30. The summed E-state index contributed by atoms with van der Waals surface area (Å²) >= 11 is 6.14. The molecule has 0 aliphatic carbocycles. The molecule has 2 aromatic carbocycles. The minimum absolute atomic E-state index is 0.560. The highest BCUT2D eigenvalue weighted by Gasteiger charge is 2.23. The minimum Gasteiger partial charge on any atom is -0.444 e. The molecule has 0 amide bonds. The van der Waals surface area contributed by atoms with Gasteiger partial charge in [0.05, 0.1) is 0 Å². The van der Waals surface area contributed by atoms with Gasteiger partial charge >= 0.3 is 0 Å². The Balaban J connectivity index is 2.02. The van der Waals surface area contributed by atoms with E-state index in [-0.39, 0.29) is 0 Å². The summed E-state index contributed by atoms with van der Waals surface area (Å²) in [5.74, 6) is 1.13. The van der Waals surface area contributed by atoms with Crippen LogP contribution in [-0.4, -0.2) is 12.6 Å². The first-order chi connectivity index (χ1) is 8.78. The summed E-state index contributed by atoms with van der Waals surface area (Å²) < 4.78 is 10.6. The monoisotopic (exact) mass is 260 g/mol. The van der Waals surface area contributed by atoms with Crippen LogP contribution in [0, 0.1) is 0 Å². The highest BCUT2D eigenvalue weighted by atomic mass is 35.5. The molecule has 0 saturated heterocycles. The van der Waals surface area contributed by atoms with Crippen molar-refractivity contribution in [2.45, 2.75) is 6.29 Å². The summed E-state index contributed by atoms with van der Waals surface area (Å²) in [6, 6.07) is 13.0. The van der Waals surface area contributed by atoms with Gasteiger partial charge in [0, 0.05) is 10.6 Å². The lowest BCUT2D eigenvalue weighted by Gasteiger charge is -2.05. The molecule has 0 fully saturated rings. The predicted molar refractivity (Wildman–Crippen MR) is 68.0 cm³/mol. The van der Waals surface area contributed by atoms with Crippen LogP contribution in [0.4, 0.5) is 0 Å². The second kappa shape index (κ2) is 4.35. The van der Waals surface area contributed by atoms with Crippen LogP contribution in [0.5, 0.6) is 11.5 Å². The zero-order valence-electron chi connectivity index (χ0n) is 9.30. The number of benzene rings is 2. The van der Waals surface area contributed by atoms with Gasteiger partial charge in [-0.3, -0.25) is 4.79 Å². The lowest BCUT2D eigenvalue weighted by Crippen LogP contribution is -2.18. The average Bonchev–Trinajstić information content (AvgIpc) is 2.81. The number of aldehydes is 1. The van der Waals surface area contributed by atoms with E-state index in [0.717, 1.165) is 11.1 Å². The van der Waals surface area contributed by atoms with Crippen LogP contribution < -0.4 is 9.47 Å². The third-order valence-corrected chi connectivity index (χ3v) is 3.06. The first-order valence-corrected chi connectivity index (χ1v) is 5.83. The molecule has 18 heavy (non-hydrogen) atoms. The van der Waals surface area contributed by atoms with Crippen LogP contribution in [0.15, 0.2) is 42.5 Å². The Bertz CT molecular complexity index is 610. The van der Waals surface area contributed by atoms with E-state index < -0.39 is 6.29 Å². The summed E-state index contributed by atoms with van der Waals surface area (Å²) in [6.07, 6.45) is -0.226. The lowest BCUT2D eigenvalue weighted by atomic mass is 10.1. The van der Waals surface area contributed by atoms with Crippen molar-refractivity contribution in [3.63, 3.8) is 0 Å². The van der Waals surface area contributed by atoms with Crippen molar-refractivity contribution in [1.29, 1.82) is 0 Å². The first-order valence-electron chi connectivity index (χ1n) is 5.45. The Morgan fingerprint density at radius 1 is 1.06 bits per heavy atom. The van der Waals surface area contributed by atoms with E-state index in [9.17, 15) is 4.79 Å². The number of ether oxygens (including phenoxy) is 2. The molecule has 0 spiro atoms. The Morgan fingerprint density at radius 3 is 2.61 bits per heavy atom. The molecule has 0 N–H and O–H groups in total.